The largest absolute Gasteiger partial charge is 0.507 e. The molecule has 0 aliphatic carbocycles. The highest BCUT2D eigenvalue weighted by atomic mass is 32.2. The summed E-state index contributed by atoms with van der Waals surface area (Å²) in [6.07, 6.45) is -0.439. The van der Waals surface area contributed by atoms with E-state index in [1.54, 1.807) is 0 Å². The van der Waals surface area contributed by atoms with Crippen LogP contribution in [0.25, 0.3) is 10.4 Å². The zero-order valence-electron chi connectivity index (χ0n) is 16.9. The quantitative estimate of drug-likeness (QED) is 0.181. The number of nitrogens with one attached hydrogen (secondary N) is 2. The molecule has 1 amide bonds. The number of phenols is 1. The molecule has 0 saturated heterocycles. The average molecular weight is 477 g/mol. The Balaban J connectivity index is 2.06. The minimum absolute atomic E-state index is 0.169. The van der Waals surface area contributed by atoms with Gasteiger partial charge < -0.3 is 20.6 Å². The maximum Gasteiger partial charge on any atom is 0.339 e. The summed E-state index contributed by atoms with van der Waals surface area (Å²) in [6, 6.07) is 7.68. The third-order valence-corrected chi connectivity index (χ3v) is 5.71. The Hall–Kier alpha value is -4.13. The van der Waals surface area contributed by atoms with Gasteiger partial charge in [-0.25, -0.2) is 17.9 Å². The second kappa shape index (κ2) is 10.9. The number of sulfonamides is 1. The van der Waals surface area contributed by atoms with Crippen LogP contribution in [0.15, 0.2) is 52.5 Å². The normalized spacial score (nSPS) is 11.8. The first-order valence-corrected chi connectivity index (χ1v) is 10.7. The van der Waals surface area contributed by atoms with Gasteiger partial charge in [0.05, 0.1) is 11.3 Å². The molecule has 0 saturated carbocycles. The molecule has 174 valence electrons. The number of hydrogen-bond acceptors (Lipinski definition) is 7. The molecule has 0 fully saturated rings. The fraction of sp³-hybridized carbons (Fsp3) is 0.211. The van der Waals surface area contributed by atoms with Crippen molar-refractivity contribution in [1.29, 1.82) is 0 Å². The van der Waals surface area contributed by atoms with Crippen molar-refractivity contribution in [3.8, 4) is 5.75 Å². The number of azide groups is 1. The number of nitrogens with zero attached hydrogens (tertiary/aromatic N) is 3. The van der Waals surface area contributed by atoms with Gasteiger partial charge in [0.2, 0.25) is 10.0 Å². The topological polar surface area (TPSA) is 219 Å². The molecular weight excluding hydrogens is 458 g/mol. The van der Waals surface area contributed by atoms with E-state index in [1.165, 1.54) is 24.3 Å². The van der Waals surface area contributed by atoms with E-state index in [1.807, 2.05) is 0 Å². The van der Waals surface area contributed by atoms with Gasteiger partial charge in [-0.1, -0.05) is 17.2 Å². The molecule has 0 aromatic heterocycles. The summed E-state index contributed by atoms with van der Waals surface area (Å²) in [7, 11) is -4.09. The minimum Gasteiger partial charge on any atom is -0.507 e. The molecular formula is C19H19N5O8S. The molecule has 0 bridgehead atoms. The van der Waals surface area contributed by atoms with Crippen molar-refractivity contribution in [3.05, 3.63) is 69.6 Å². The van der Waals surface area contributed by atoms with E-state index in [9.17, 15) is 27.9 Å². The fourth-order valence-electron chi connectivity index (χ4n) is 2.67. The SMILES string of the molecule is [N-]=[N+]=NC[C@H](CC(=O)O)NC(=O)c1ccc(CNS(=O)(=O)c2ccc(O)c(C(=O)O)c2)cc1. The van der Waals surface area contributed by atoms with Crippen LogP contribution >= 0.6 is 0 Å². The molecule has 2 aromatic rings. The highest BCUT2D eigenvalue weighted by Gasteiger charge is 2.19. The summed E-state index contributed by atoms with van der Waals surface area (Å²) in [5.74, 6) is -3.84. The van der Waals surface area contributed by atoms with Gasteiger partial charge in [0, 0.05) is 29.6 Å². The lowest BCUT2D eigenvalue weighted by molar-refractivity contribution is -0.137. The van der Waals surface area contributed by atoms with Gasteiger partial charge >= 0.3 is 11.9 Å². The molecule has 2 aromatic carbocycles. The zero-order valence-corrected chi connectivity index (χ0v) is 17.7. The maximum atomic E-state index is 12.4. The predicted octanol–water partition coefficient (Wildman–Crippen LogP) is 1.45. The molecule has 33 heavy (non-hydrogen) atoms. The van der Waals surface area contributed by atoms with Crippen molar-refractivity contribution < 1.29 is 38.1 Å². The summed E-state index contributed by atoms with van der Waals surface area (Å²) in [4.78, 5) is 36.5. The van der Waals surface area contributed by atoms with Crippen molar-refractivity contribution in [3.63, 3.8) is 0 Å². The summed E-state index contributed by atoms with van der Waals surface area (Å²) in [5.41, 5.74) is 8.46. The van der Waals surface area contributed by atoms with E-state index in [0.717, 1.165) is 18.2 Å². The van der Waals surface area contributed by atoms with Crippen LogP contribution in [0.3, 0.4) is 0 Å². The van der Waals surface area contributed by atoms with E-state index >= 15 is 0 Å². The number of aromatic carboxylic acids is 1. The van der Waals surface area contributed by atoms with Crippen LogP contribution in [0.5, 0.6) is 5.75 Å². The van der Waals surface area contributed by atoms with Crippen LogP contribution < -0.4 is 10.0 Å². The van der Waals surface area contributed by atoms with Crippen LogP contribution in [-0.4, -0.2) is 54.2 Å². The second-order valence-corrected chi connectivity index (χ2v) is 8.45. The van der Waals surface area contributed by atoms with Crippen LogP contribution in [-0.2, 0) is 21.4 Å². The molecule has 2 rings (SSSR count). The number of carbonyl (C=O) groups is 3. The molecule has 5 N–H and O–H groups in total. The molecule has 1 atom stereocenters. The van der Waals surface area contributed by atoms with Gasteiger partial charge in [-0.2, -0.15) is 0 Å². The van der Waals surface area contributed by atoms with Gasteiger partial charge in [0.1, 0.15) is 11.3 Å². The first-order valence-electron chi connectivity index (χ1n) is 9.22. The highest BCUT2D eigenvalue weighted by Crippen LogP contribution is 2.21. The summed E-state index contributed by atoms with van der Waals surface area (Å²) >= 11 is 0. The van der Waals surface area contributed by atoms with Gasteiger partial charge in [-0.05, 0) is 41.4 Å². The van der Waals surface area contributed by atoms with Crippen molar-refractivity contribution >= 4 is 27.9 Å². The third-order valence-electron chi connectivity index (χ3n) is 4.31. The molecule has 14 heteroatoms. The van der Waals surface area contributed by atoms with Crippen molar-refractivity contribution in [2.75, 3.05) is 6.54 Å². The van der Waals surface area contributed by atoms with Crippen molar-refractivity contribution in [2.45, 2.75) is 23.9 Å². The van der Waals surface area contributed by atoms with Gasteiger partial charge in [0.15, 0.2) is 0 Å². The number of carboxylic acid groups (broad SMARTS) is 2. The number of aromatic hydroxyl groups is 1. The third kappa shape index (κ3) is 7.21. The number of amides is 1. The van der Waals surface area contributed by atoms with E-state index in [0.29, 0.717) is 5.56 Å². The average Bonchev–Trinajstić information content (AvgIpc) is 2.76. The standard InChI is InChI=1S/C19H19N5O8S/c20-24-21-10-13(7-17(26)27)23-18(28)12-3-1-11(2-4-12)9-22-33(31,32)14-5-6-16(25)15(8-14)19(29)30/h1-6,8,13,22,25H,7,9-10H2,(H,23,28)(H,26,27)(H,29,30)/t13-/m0/s1. The number of carboxylic acids is 2. The van der Waals surface area contributed by atoms with Gasteiger partial charge in [0.25, 0.3) is 5.91 Å². The Labute approximate surface area is 187 Å². The number of rotatable bonds is 11. The Kier molecular flexibility index (Phi) is 8.34. The van der Waals surface area contributed by atoms with E-state index < -0.39 is 51.6 Å². The minimum atomic E-state index is -4.09. The first-order chi connectivity index (χ1) is 15.5. The van der Waals surface area contributed by atoms with E-state index in [-0.39, 0.29) is 23.5 Å². The molecule has 0 aliphatic heterocycles. The van der Waals surface area contributed by atoms with Gasteiger partial charge in [-0.15, -0.1) is 0 Å². The monoisotopic (exact) mass is 477 g/mol. The number of hydrogen-bond donors (Lipinski definition) is 5. The highest BCUT2D eigenvalue weighted by molar-refractivity contribution is 7.89. The number of aliphatic carboxylic acids is 1. The maximum absolute atomic E-state index is 12.4. The Morgan fingerprint density at radius 1 is 1.09 bits per heavy atom. The Morgan fingerprint density at radius 3 is 2.33 bits per heavy atom. The molecule has 13 nitrogen and oxygen atoms in total. The second-order valence-electron chi connectivity index (χ2n) is 6.69. The molecule has 0 heterocycles. The lowest BCUT2D eigenvalue weighted by Gasteiger charge is -2.14. The predicted molar refractivity (Wildman–Crippen MR) is 113 cm³/mol. The van der Waals surface area contributed by atoms with E-state index in [2.05, 4.69) is 20.1 Å². The fourth-order valence-corrected chi connectivity index (χ4v) is 3.71. The van der Waals surface area contributed by atoms with Crippen molar-refractivity contribution in [1.82, 2.24) is 10.0 Å². The smallest absolute Gasteiger partial charge is 0.339 e. The molecule has 0 aliphatic rings. The Morgan fingerprint density at radius 2 is 1.76 bits per heavy atom. The summed E-state index contributed by atoms with van der Waals surface area (Å²) in [5, 5.41) is 33.1. The lowest BCUT2D eigenvalue weighted by atomic mass is 10.1. The summed E-state index contributed by atoms with van der Waals surface area (Å²) in [6.45, 7) is -0.415. The van der Waals surface area contributed by atoms with Gasteiger partial charge in [-0.3, -0.25) is 9.59 Å². The molecule has 0 unspecified atom stereocenters. The van der Waals surface area contributed by atoms with Crippen molar-refractivity contribution in [2.24, 2.45) is 5.11 Å². The van der Waals surface area contributed by atoms with Crippen LogP contribution in [0.2, 0.25) is 0 Å². The molecule has 0 spiro atoms. The Bertz CT molecular complexity index is 1200. The zero-order chi connectivity index (χ0) is 24.6. The van der Waals surface area contributed by atoms with E-state index in [4.69, 9.17) is 15.7 Å². The lowest BCUT2D eigenvalue weighted by Crippen LogP contribution is -2.38. The number of carbonyl (C=O) groups excluding carboxylic acids is 1. The van der Waals surface area contributed by atoms with Crippen LogP contribution in [0.4, 0.5) is 0 Å². The number of benzene rings is 2. The molecule has 0 radical (unpaired) electrons. The van der Waals surface area contributed by atoms with Crippen LogP contribution in [0, 0.1) is 0 Å². The summed E-state index contributed by atoms with van der Waals surface area (Å²) < 4.78 is 27.1. The van der Waals surface area contributed by atoms with Crippen LogP contribution in [0.1, 0.15) is 32.7 Å². The first kappa shape index (κ1) is 25.1.